The Balaban J connectivity index is 1.92. The number of hydrogen-bond donors (Lipinski definition) is 0. The molecule has 2 rings (SSSR count). The van der Waals surface area contributed by atoms with Gasteiger partial charge in [0.15, 0.2) is 0 Å². The van der Waals surface area contributed by atoms with Crippen molar-refractivity contribution in [2.75, 3.05) is 20.1 Å². The van der Waals surface area contributed by atoms with Gasteiger partial charge in [-0.25, -0.2) is 0 Å². The first-order chi connectivity index (χ1) is 6.91. The monoisotopic (exact) mass is 209 g/mol. The predicted octanol–water partition coefficient (Wildman–Crippen LogP) is 3.54. The highest BCUT2D eigenvalue weighted by Gasteiger charge is 2.41. The van der Waals surface area contributed by atoms with E-state index in [0.717, 1.165) is 11.3 Å². The predicted molar refractivity (Wildman–Crippen MR) is 66.0 cm³/mol. The van der Waals surface area contributed by atoms with E-state index in [9.17, 15) is 0 Å². The lowest BCUT2D eigenvalue weighted by atomic mass is 9.64. The average molecular weight is 209 g/mol. The summed E-state index contributed by atoms with van der Waals surface area (Å²) in [5.41, 5.74) is 1.25. The highest BCUT2D eigenvalue weighted by atomic mass is 15.1. The lowest BCUT2D eigenvalue weighted by Crippen LogP contribution is -2.34. The molecule has 0 aromatic carbocycles. The van der Waals surface area contributed by atoms with Gasteiger partial charge in [0, 0.05) is 6.54 Å². The van der Waals surface area contributed by atoms with Crippen molar-refractivity contribution in [2.45, 2.75) is 52.9 Å². The maximum atomic E-state index is 2.53. The molecule has 15 heavy (non-hydrogen) atoms. The Morgan fingerprint density at radius 1 is 1.07 bits per heavy atom. The maximum absolute atomic E-state index is 2.53. The molecule has 0 radical (unpaired) electrons. The summed E-state index contributed by atoms with van der Waals surface area (Å²) in [6, 6.07) is 0. The van der Waals surface area contributed by atoms with Crippen molar-refractivity contribution < 1.29 is 0 Å². The zero-order valence-corrected chi connectivity index (χ0v) is 11.0. The van der Waals surface area contributed by atoms with E-state index in [1.165, 1.54) is 45.2 Å². The first-order valence-corrected chi connectivity index (χ1v) is 6.60. The van der Waals surface area contributed by atoms with Crippen LogP contribution in [0.1, 0.15) is 52.9 Å². The van der Waals surface area contributed by atoms with Crippen LogP contribution >= 0.6 is 0 Å². The number of hydrogen-bond acceptors (Lipinski definition) is 1. The Labute approximate surface area is 95.2 Å². The van der Waals surface area contributed by atoms with E-state index in [4.69, 9.17) is 0 Å². The molecule has 0 aromatic rings. The van der Waals surface area contributed by atoms with Crippen LogP contribution < -0.4 is 0 Å². The summed E-state index contributed by atoms with van der Waals surface area (Å²) in [5.74, 6) is 0.967. The summed E-state index contributed by atoms with van der Waals surface area (Å²) in [6.07, 6.45) is 7.37. The number of nitrogens with zero attached hydrogens (tertiary/aromatic N) is 1. The van der Waals surface area contributed by atoms with Crippen molar-refractivity contribution in [3.8, 4) is 0 Å². The Kier molecular flexibility index (Phi) is 2.87. The van der Waals surface area contributed by atoms with Crippen molar-refractivity contribution in [3.63, 3.8) is 0 Å². The van der Waals surface area contributed by atoms with Gasteiger partial charge in [0.2, 0.25) is 0 Å². The minimum Gasteiger partial charge on any atom is -0.306 e. The van der Waals surface area contributed by atoms with Crippen molar-refractivity contribution in [3.05, 3.63) is 0 Å². The molecular formula is C14H27N. The second kappa shape index (κ2) is 3.76. The van der Waals surface area contributed by atoms with Crippen molar-refractivity contribution in [1.29, 1.82) is 0 Å². The molecule has 1 saturated heterocycles. The maximum Gasteiger partial charge on any atom is 0.00354 e. The zero-order chi connectivity index (χ0) is 11.1. The molecular weight excluding hydrogens is 182 g/mol. The molecule has 1 aliphatic heterocycles. The van der Waals surface area contributed by atoms with Gasteiger partial charge < -0.3 is 4.90 Å². The van der Waals surface area contributed by atoms with Crippen LogP contribution in [0.4, 0.5) is 0 Å². The van der Waals surface area contributed by atoms with Crippen LogP contribution in [0, 0.1) is 16.7 Å². The van der Waals surface area contributed by atoms with Crippen LogP contribution in [-0.2, 0) is 0 Å². The molecule has 0 bridgehead atoms. The molecule has 2 aliphatic rings. The second-order valence-corrected chi connectivity index (χ2v) is 7.13. The molecule has 2 fully saturated rings. The van der Waals surface area contributed by atoms with E-state index in [1.807, 2.05) is 0 Å². The van der Waals surface area contributed by atoms with Crippen LogP contribution in [0.5, 0.6) is 0 Å². The average Bonchev–Trinajstić information content (AvgIpc) is 2.47. The van der Waals surface area contributed by atoms with Crippen LogP contribution in [0.3, 0.4) is 0 Å². The molecule has 0 unspecified atom stereocenters. The highest BCUT2D eigenvalue weighted by molar-refractivity contribution is 4.94. The van der Waals surface area contributed by atoms with Crippen molar-refractivity contribution in [2.24, 2.45) is 16.7 Å². The van der Waals surface area contributed by atoms with Gasteiger partial charge in [0.05, 0.1) is 0 Å². The number of rotatable bonds is 0. The van der Waals surface area contributed by atoms with Gasteiger partial charge in [0.1, 0.15) is 0 Å². The minimum atomic E-state index is 0.534. The Morgan fingerprint density at radius 2 is 1.67 bits per heavy atom. The Bertz CT molecular complexity index is 218. The zero-order valence-electron chi connectivity index (χ0n) is 11.0. The molecule has 1 saturated carbocycles. The smallest absolute Gasteiger partial charge is 0.00354 e. The highest BCUT2D eigenvalue weighted by Crippen LogP contribution is 2.49. The van der Waals surface area contributed by atoms with Crippen molar-refractivity contribution >= 4 is 0 Å². The summed E-state index contributed by atoms with van der Waals surface area (Å²) < 4.78 is 0. The first kappa shape index (κ1) is 11.4. The second-order valence-electron chi connectivity index (χ2n) is 7.13. The molecule has 1 nitrogen and oxygen atoms in total. The SMILES string of the molecule is CN1CCC2(CCC(C(C)(C)C)CC2)C1. The van der Waals surface area contributed by atoms with Gasteiger partial charge >= 0.3 is 0 Å². The number of likely N-dealkylation sites (tertiary alicyclic amines) is 1. The lowest BCUT2D eigenvalue weighted by molar-refractivity contribution is 0.0938. The van der Waals surface area contributed by atoms with Gasteiger partial charge in [0.25, 0.3) is 0 Å². The first-order valence-electron chi connectivity index (χ1n) is 6.60. The molecule has 0 atom stereocenters. The van der Waals surface area contributed by atoms with Crippen LogP contribution in [0.2, 0.25) is 0 Å². The summed E-state index contributed by atoms with van der Waals surface area (Å²) in [7, 11) is 2.28. The van der Waals surface area contributed by atoms with E-state index in [-0.39, 0.29) is 0 Å². The van der Waals surface area contributed by atoms with E-state index in [0.29, 0.717) is 5.41 Å². The standard InChI is InChI=1S/C14H27N/c1-13(2,3)12-5-7-14(8-6-12)9-10-15(4)11-14/h12H,5-11H2,1-4H3. The molecule has 1 spiro atoms. The van der Waals surface area contributed by atoms with E-state index >= 15 is 0 Å². The Morgan fingerprint density at radius 3 is 2.07 bits per heavy atom. The molecule has 0 amide bonds. The van der Waals surface area contributed by atoms with E-state index < -0.39 is 0 Å². The van der Waals surface area contributed by atoms with Crippen molar-refractivity contribution in [1.82, 2.24) is 4.90 Å². The minimum absolute atomic E-state index is 0.534. The van der Waals surface area contributed by atoms with Crippen LogP contribution in [-0.4, -0.2) is 25.0 Å². The Hall–Kier alpha value is -0.0400. The third-order valence-corrected chi connectivity index (χ3v) is 4.90. The fraction of sp³-hybridized carbons (Fsp3) is 1.00. The molecule has 0 N–H and O–H groups in total. The fourth-order valence-electron chi connectivity index (χ4n) is 3.66. The largest absolute Gasteiger partial charge is 0.306 e. The molecule has 0 aromatic heterocycles. The summed E-state index contributed by atoms with van der Waals surface area (Å²) in [4.78, 5) is 2.53. The van der Waals surface area contributed by atoms with Gasteiger partial charge in [-0.05, 0) is 62.4 Å². The van der Waals surface area contributed by atoms with Gasteiger partial charge in [-0.15, -0.1) is 0 Å². The quantitative estimate of drug-likeness (QED) is 0.590. The van der Waals surface area contributed by atoms with Gasteiger partial charge in [-0.2, -0.15) is 0 Å². The van der Waals surface area contributed by atoms with Gasteiger partial charge in [-0.3, -0.25) is 0 Å². The molecule has 1 aliphatic carbocycles. The van der Waals surface area contributed by atoms with Crippen LogP contribution in [0.15, 0.2) is 0 Å². The third-order valence-electron chi connectivity index (χ3n) is 4.90. The molecule has 1 heteroatoms. The van der Waals surface area contributed by atoms with E-state index in [1.54, 1.807) is 0 Å². The molecule has 88 valence electrons. The summed E-state index contributed by atoms with van der Waals surface area (Å²) in [5, 5.41) is 0. The summed E-state index contributed by atoms with van der Waals surface area (Å²) >= 11 is 0. The van der Waals surface area contributed by atoms with Gasteiger partial charge in [-0.1, -0.05) is 20.8 Å². The normalized spacial score (nSPS) is 38.8. The van der Waals surface area contributed by atoms with Crippen LogP contribution in [0.25, 0.3) is 0 Å². The van der Waals surface area contributed by atoms with E-state index in [2.05, 4.69) is 32.7 Å². The molecule has 1 heterocycles. The lowest BCUT2D eigenvalue weighted by Gasteiger charge is -2.42. The fourth-order valence-corrected chi connectivity index (χ4v) is 3.66. The summed E-state index contributed by atoms with van der Waals surface area (Å²) in [6.45, 7) is 9.94. The topological polar surface area (TPSA) is 3.24 Å². The third kappa shape index (κ3) is 2.38.